The number of ether oxygens (including phenoxy) is 1. The summed E-state index contributed by atoms with van der Waals surface area (Å²) < 4.78 is 5.25. The fourth-order valence-corrected chi connectivity index (χ4v) is 1.23. The van der Waals surface area contributed by atoms with Crippen molar-refractivity contribution in [3.8, 4) is 11.5 Å². The first-order valence-electron chi connectivity index (χ1n) is 4.51. The lowest BCUT2D eigenvalue weighted by molar-refractivity contribution is 0.259. The molecule has 0 fully saturated rings. The number of aromatic hydroxyl groups is 1. The van der Waals surface area contributed by atoms with Crippen LogP contribution in [0.25, 0.3) is 0 Å². The Morgan fingerprint density at radius 3 is 2.79 bits per heavy atom. The van der Waals surface area contributed by atoms with Gasteiger partial charge in [-0.25, -0.2) is 0 Å². The summed E-state index contributed by atoms with van der Waals surface area (Å²) in [5.41, 5.74) is 6.27. The molecule has 4 N–H and O–H groups in total. The minimum atomic E-state index is -0.524. The van der Waals surface area contributed by atoms with E-state index in [1.54, 1.807) is 12.1 Å². The van der Waals surface area contributed by atoms with Crippen LogP contribution in [-0.4, -0.2) is 23.4 Å². The van der Waals surface area contributed by atoms with Gasteiger partial charge in [-0.05, 0) is 13.0 Å². The van der Waals surface area contributed by atoms with E-state index in [0.717, 1.165) is 0 Å². The zero-order valence-electron chi connectivity index (χ0n) is 8.10. The van der Waals surface area contributed by atoms with Crippen LogP contribution in [0, 0.1) is 0 Å². The number of aliphatic hydroxyl groups excluding tert-OH is 1. The number of hydrogen-bond acceptors (Lipinski definition) is 4. The number of para-hydroxylation sites is 1. The lowest BCUT2D eigenvalue weighted by atomic mass is 10.1. The molecule has 0 bridgehead atoms. The maximum absolute atomic E-state index is 9.50. The minimum Gasteiger partial charge on any atom is -0.504 e. The Morgan fingerprint density at radius 1 is 1.50 bits per heavy atom. The smallest absolute Gasteiger partial charge is 0.165 e. The third-order valence-corrected chi connectivity index (χ3v) is 1.91. The summed E-state index contributed by atoms with van der Waals surface area (Å²) in [7, 11) is 0. The van der Waals surface area contributed by atoms with Gasteiger partial charge in [0, 0.05) is 5.56 Å². The molecular weight excluding hydrogens is 182 g/mol. The summed E-state index contributed by atoms with van der Waals surface area (Å²) in [4.78, 5) is 0. The second kappa shape index (κ2) is 4.83. The molecule has 0 saturated carbocycles. The molecule has 4 nitrogen and oxygen atoms in total. The van der Waals surface area contributed by atoms with E-state index in [2.05, 4.69) is 0 Å². The lowest BCUT2D eigenvalue weighted by Crippen LogP contribution is -2.15. The molecule has 0 aliphatic rings. The van der Waals surface area contributed by atoms with Crippen molar-refractivity contribution in [3.05, 3.63) is 23.8 Å². The Labute approximate surface area is 82.9 Å². The summed E-state index contributed by atoms with van der Waals surface area (Å²) in [5.74, 6) is 0.407. The zero-order chi connectivity index (χ0) is 10.6. The Balaban J connectivity index is 3.07. The van der Waals surface area contributed by atoms with Crippen LogP contribution in [0.5, 0.6) is 11.5 Å². The molecule has 1 atom stereocenters. The average molecular weight is 197 g/mol. The van der Waals surface area contributed by atoms with Gasteiger partial charge in [0.25, 0.3) is 0 Å². The lowest BCUT2D eigenvalue weighted by Gasteiger charge is -2.15. The molecule has 4 heteroatoms. The van der Waals surface area contributed by atoms with Gasteiger partial charge in [-0.3, -0.25) is 0 Å². The summed E-state index contributed by atoms with van der Waals surface area (Å²) in [6.07, 6.45) is 0. The van der Waals surface area contributed by atoms with Crippen LogP contribution in [0.3, 0.4) is 0 Å². The first-order valence-corrected chi connectivity index (χ1v) is 4.51. The predicted octanol–water partition coefficient (Wildman–Crippen LogP) is 0.783. The number of aliphatic hydroxyl groups is 1. The molecule has 0 spiro atoms. The highest BCUT2D eigenvalue weighted by atomic mass is 16.5. The topological polar surface area (TPSA) is 75.7 Å². The summed E-state index contributed by atoms with van der Waals surface area (Å²) in [6.45, 7) is 2.09. The monoisotopic (exact) mass is 197 g/mol. The molecule has 0 aliphatic carbocycles. The zero-order valence-corrected chi connectivity index (χ0v) is 8.10. The van der Waals surface area contributed by atoms with Gasteiger partial charge >= 0.3 is 0 Å². The number of hydrogen-bond donors (Lipinski definition) is 3. The van der Waals surface area contributed by atoms with Gasteiger partial charge in [0.1, 0.15) is 0 Å². The Bertz CT molecular complexity index is 301. The van der Waals surface area contributed by atoms with Gasteiger partial charge < -0.3 is 20.7 Å². The Hall–Kier alpha value is -1.26. The minimum absolute atomic E-state index is 0.0493. The molecule has 1 aromatic rings. The maximum atomic E-state index is 9.50. The van der Waals surface area contributed by atoms with Crippen molar-refractivity contribution in [2.24, 2.45) is 5.73 Å². The SMILES string of the molecule is CCOc1c(O)cccc1[C@@H](N)CO. The summed E-state index contributed by atoms with van der Waals surface area (Å²) in [5, 5.41) is 18.4. The molecular formula is C10H15NO3. The van der Waals surface area contributed by atoms with Gasteiger partial charge in [-0.1, -0.05) is 12.1 Å². The molecule has 14 heavy (non-hydrogen) atoms. The van der Waals surface area contributed by atoms with Crippen molar-refractivity contribution >= 4 is 0 Å². The van der Waals surface area contributed by atoms with E-state index in [1.165, 1.54) is 6.07 Å². The van der Waals surface area contributed by atoms with Crippen LogP contribution in [0.2, 0.25) is 0 Å². The van der Waals surface area contributed by atoms with Crippen molar-refractivity contribution in [1.29, 1.82) is 0 Å². The number of nitrogens with two attached hydrogens (primary N) is 1. The highest BCUT2D eigenvalue weighted by Crippen LogP contribution is 2.32. The molecule has 0 amide bonds. The molecule has 0 aliphatic heterocycles. The normalized spacial score (nSPS) is 12.5. The molecule has 0 aromatic heterocycles. The first kappa shape index (κ1) is 10.8. The third-order valence-electron chi connectivity index (χ3n) is 1.91. The summed E-state index contributed by atoms with van der Waals surface area (Å²) in [6, 6.07) is 4.40. The van der Waals surface area contributed by atoms with Gasteiger partial charge in [-0.15, -0.1) is 0 Å². The highest BCUT2D eigenvalue weighted by molar-refractivity contribution is 5.47. The second-order valence-electron chi connectivity index (χ2n) is 2.92. The van der Waals surface area contributed by atoms with Gasteiger partial charge in [0.2, 0.25) is 0 Å². The Kier molecular flexibility index (Phi) is 3.73. The van der Waals surface area contributed by atoms with Gasteiger partial charge in [0.15, 0.2) is 11.5 Å². The van der Waals surface area contributed by atoms with Crippen LogP contribution < -0.4 is 10.5 Å². The number of benzene rings is 1. The van der Waals surface area contributed by atoms with E-state index in [0.29, 0.717) is 17.9 Å². The fraction of sp³-hybridized carbons (Fsp3) is 0.400. The van der Waals surface area contributed by atoms with Crippen LogP contribution in [0.4, 0.5) is 0 Å². The first-order chi connectivity index (χ1) is 6.70. The van der Waals surface area contributed by atoms with Crippen molar-refractivity contribution < 1.29 is 14.9 Å². The molecule has 0 heterocycles. The van der Waals surface area contributed by atoms with E-state index in [1.807, 2.05) is 6.92 Å². The number of phenols is 1. The number of rotatable bonds is 4. The van der Waals surface area contributed by atoms with Crippen molar-refractivity contribution in [2.75, 3.05) is 13.2 Å². The molecule has 0 unspecified atom stereocenters. The largest absolute Gasteiger partial charge is 0.504 e. The van der Waals surface area contributed by atoms with Crippen molar-refractivity contribution in [1.82, 2.24) is 0 Å². The highest BCUT2D eigenvalue weighted by Gasteiger charge is 2.14. The summed E-state index contributed by atoms with van der Waals surface area (Å²) >= 11 is 0. The molecule has 0 saturated heterocycles. The van der Waals surface area contributed by atoms with Crippen LogP contribution >= 0.6 is 0 Å². The predicted molar refractivity (Wildman–Crippen MR) is 53.3 cm³/mol. The number of phenolic OH excluding ortho intramolecular Hbond substituents is 1. The van der Waals surface area contributed by atoms with Gasteiger partial charge in [0.05, 0.1) is 19.3 Å². The van der Waals surface area contributed by atoms with E-state index in [4.69, 9.17) is 15.6 Å². The van der Waals surface area contributed by atoms with Crippen LogP contribution in [-0.2, 0) is 0 Å². The second-order valence-corrected chi connectivity index (χ2v) is 2.92. The average Bonchev–Trinajstić information content (AvgIpc) is 2.20. The van der Waals surface area contributed by atoms with Crippen molar-refractivity contribution in [2.45, 2.75) is 13.0 Å². The molecule has 1 aromatic carbocycles. The van der Waals surface area contributed by atoms with E-state index in [9.17, 15) is 5.11 Å². The van der Waals surface area contributed by atoms with E-state index >= 15 is 0 Å². The standard InChI is InChI=1S/C10H15NO3/c1-2-14-10-7(8(11)6-12)4-3-5-9(10)13/h3-5,8,12-13H,2,6,11H2,1H3/t8-/m0/s1. The molecule has 78 valence electrons. The maximum Gasteiger partial charge on any atom is 0.165 e. The quantitative estimate of drug-likeness (QED) is 0.666. The van der Waals surface area contributed by atoms with Crippen molar-refractivity contribution in [3.63, 3.8) is 0 Å². The van der Waals surface area contributed by atoms with E-state index in [-0.39, 0.29) is 12.4 Å². The third kappa shape index (κ3) is 2.16. The van der Waals surface area contributed by atoms with E-state index < -0.39 is 6.04 Å². The van der Waals surface area contributed by atoms with Gasteiger partial charge in [-0.2, -0.15) is 0 Å². The molecule has 1 rings (SSSR count). The van der Waals surface area contributed by atoms with Crippen LogP contribution in [0.1, 0.15) is 18.5 Å². The van der Waals surface area contributed by atoms with Crippen LogP contribution in [0.15, 0.2) is 18.2 Å². The Morgan fingerprint density at radius 2 is 2.21 bits per heavy atom. The molecule has 0 radical (unpaired) electrons. The fourth-order valence-electron chi connectivity index (χ4n) is 1.23.